The van der Waals surface area contributed by atoms with Gasteiger partial charge in [-0.05, 0) is 58.7 Å². The highest BCUT2D eigenvalue weighted by Gasteiger charge is 2.29. The van der Waals surface area contributed by atoms with E-state index in [4.69, 9.17) is 5.73 Å². The van der Waals surface area contributed by atoms with Crippen molar-refractivity contribution in [2.45, 2.75) is 44.7 Å². The van der Waals surface area contributed by atoms with Gasteiger partial charge in [-0.1, -0.05) is 0 Å². The van der Waals surface area contributed by atoms with Crippen LogP contribution in [0.2, 0.25) is 0 Å². The number of piperidine rings is 2. The van der Waals surface area contributed by atoms with Crippen LogP contribution < -0.4 is 5.73 Å². The van der Waals surface area contributed by atoms with Crippen molar-refractivity contribution in [2.24, 2.45) is 11.7 Å². The van der Waals surface area contributed by atoms with Gasteiger partial charge in [0.1, 0.15) is 0 Å². The van der Waals surface area contributed by atoms with E-state index in [2.05, 4.69) is 23.8 Å². The van der Waals surface area contributed by atoms with E-state index in [-0.39, 0.29) is 0 Å². The van der Waals surface area contributed by atoms with Gasteiger partial charge in [0.2, 0.25) is 0 Å². The Balaban J connectivity index is 1.88. The average molecular weight is 225 g/mol. The Bertz CT molecular complexity index is 217. The predicted octanol–water partition coefficient (Wildman–Crippen LogP) is 1.14. The van der Waals surface area contributed by atoms with E-state index < -0.39 is 0 Å². The van der Waals surface area contributed by atoms with Crippen molar-refractivity contribution in [3.63, 3.8) is 0 Å². The highest BCUT2D eigenvalue weighted by Crippen LogP contribution is 2.24. The molecule has 2 fully saturated rings. The highest BCUT2D eigenvalue weighted by atomic mass is 15.2. The van der Waals surface area contributed by atoms with Crippen molar-refractivity contribution in [3.05, 3.63) is 0 Å². The van der Waals surface area contributed by atoms with Crippen LogP contribution in [0.25, 0.3) is 0 Å². The van der Waals surface area contributed by atoms with Gasteiger partial charge in [0.05, 0.1) is 0 Å². The second-order valence-electron chi connectivity index (χ2n) is 5.81. The van der Waals surface area contributed by atoms with Crippen LogP contribution in [0.5, 0.6) is 0 Å². The second-order valence-corrected chi connectivity index (χ2v) is 5.81. The summed E-state index contributed by atoms with van der Waals surface area (Å²) in [6.07, 6.45) is 5.42. The first-order valence-corrected chi connectivity index (χ1v) is 6.85. The normalized spacial score (nSPS) is 36.2. The molecule has 0 spiro atoms. The number of hydrogen-bond acceptors (Lipinski definition) is 3. The summed E-state index contributed by atoms with van der Waals surface area (Å²) in [5.74, 6) is 0.723. The fourth-order valence-corrected chi connectivity index (χ4v) is 3.24. The van der Waals surface area contributed by atoms with Gasteiger partial charge in [-0.2, -0.15) is 0 Å². The first-order valence-electron chi connectivity index (χ1n) is 6.85. The third-order valence-corrected chi connectivity index (χ3v) is 4.35. The van der Waals surface area contributed by atoms with E-state index in [9.17, 15) is 0 Å². The third kappa shape index (κ3) is 2.96. The summed E-state index contributed by atoms with van der Waals surface area (Å²) in [6.45, 7) is 7.23. The molecule has 94 valence electrons. The van der Waals surface area contributed by atoms with E-state index >= 15 is 0 Å². The first-order chi connectivity index (χ1) is 7.66. The number of rotatable bonds is 2. The van der Waals surface area contributed by atoms with E-state index in [0.717, 1.165) is 12.0 Å². The first kappa shape index (κ1) is 12.3. The molecule has 3 nitrogen and oxygen atoms in total. The third-order valence-electron chi connectivity index (χ3n) is 4.35. The molecule has 2 heterocycles. The number of nitrogens with two attached hydrogens (primary N) is 1. The molecule has 2 saturated heterocycles. The summed E-state index contributed by atoms with van der Waals surface area (Å²) in [4.78, 5) is 5.18. The molecular formula is C13H27N3. The van der Waals surface area contributed by atoms with Crippen molar-refractivity contribution in [2.75, 3.05) is 33.2 Å². The minimum atomic E-state index is 0.365. The maximum Gasteiger partial charge on any atom is 0.0223 e. The molecule has 0 amide bonds. The van der Waals surface area contributed by atoms with Crippen molar-refractivity contribution in [1.82, 2.24) is 9.80 Å². The van der Waals surface area contributed by atoms with Crippen LogP contribution in [-0.2, 0) is 0 Å². The minimum absolute atomic E-state index is 0.365. The second kappa shape index (κ2) is 5.48. The van der Waals surface area contributed by atoms with Gasteiger partial charge in [-0.15, -0.1) is 0 Å². The molecule has 0 aromatic heterocycles. The molecule has 2 N–H and O–H groups in total. The van der Waals surface area contributed by atoms with Crippen LogP contribution in [0, 0.1) is 5.92 Å². The lowest BCUT2D eigenvalue weighted by Crippen LogP contribution is -2.52. The summed E-state index contributed by atoms with van der Waals surface area (Å²) in [5, 5.41) is 0. The number of likely N-dealkylation sites (tertiary alicyclic amines) is 2. The van der Waals surface area contributed by atoms with Gasteiger partial charge in [0.25, 0.3) is 0 Å². The molecule has 0 radical (unpaired) electrons. The van der Waals surface area contributed by atoms with Crippen LogP contribution >= 0.6 is 0 Å². The number of likely N-dealkylation sites (N-methyl/N-ethyl adjacent to an activating group) is 1. The van der Waals surface area contributed by atoms with Crippen LogP contribution in [0.1, 0.15) is 32.6 Å². The minimum Gasteiger partial charge on any atom is -0.328 e. The molecule has 0 aliphatic carbocycles. The quantitative estimate of drug-likeness (QED) is 0.765. The van der Waals surface area contributed by atoms with Gasteiger partial charge in [0.15, 0.2) is 0 Å². The Labute approximate surface area is 100.0 Å². The molecule has 2 aliphatic rings. The summed E-state index contributed by atoms with van der Waals surface area (Å²) in [7, 11) is 2.25. The zero-order valence-corrected chi connectivity index (χ0v) is 10.9. The zero-order chi connectivity index (χ0) is 11.5. The average Bonchev–Trinajstić information content (AvgIpc) is 2.29. The molecular weight excluding hydrogens is 198 g/mol. The maximum absolute atomic E-state index is 6.05. The predicted molar refractivity (Wildman–Crippen MR) is 68.5 cm³/mol. The van der Waals surface area contributed by atoms with Gasteiger partial charge in [-0.25, -0.2) is 0 Å². The lowest BCUT2D eigenvalue weighted by Gasteiger charge is -2.43. The Hall–Kier alpha value is -0.120. The monoisotopic (exact) mass is 225 g/mol. The number of hydrogen-bond donors (Lipinski definition) is 1. The molecule has 0 aromatic carbocycles. The molecule has 0 saturated carbocycles. The summed E-state index contributed by atoms with van der Waals surface area (Å²) in [5.41, 5.74) is 6.05. The molecule has 16 heavy (non-hydrogen) atoms. The smallest absolute Gasteiger partial charge is 0.0223 e. The van der Waals surface area contributed by atoms with E-state index in [1.165, 1.54) is 51.9 Å². The highest BCUT2D eigenvalue weighted by molar-refractivity contribution is 4.85. The lowest BCUT2D eigenvalue weighted by atomic mass is 9.90. The standard InChI is InChI=1S/C13H27N3/c1-11(14)12-5-3-8-16(9-12)13-6-4-7-15(2)10-13/h11-13H,3-10,14H2,1-2H3. The Morgan fingerprint density at radius 2 is 1.88 bits per heavy atom. The summed E-state index contributed by atoms with van der Waals surface area (Å²) in [6, 6.07) is 1.16. The van der Waals surface area contributed by atoms with Crippen molar-refractivity contribution < 1.29 is 0 Å². The van der Waals surface area contributed by atoms with Crippen molar-refractivity contribution in [3.8, 4) is 0 Å². The topological polar surface area (TPSA) is 32.5 Å². The molecule has 3 atom stereocenters. The van der Waals surface area contributed by atoms with Crippen LogP contribution in [0.4, 0.5) is 0 Å². The van der Waals surface area contributed by atoms with Gasteiger partial charge in [-0.3, -0.25) is 4.90 Å². The largest absolute Gasteiger partial charge is 0.328 e. The van der Waals surface area contributed by atoms with Crippen molar-refractivity contribution in [1.29, 1.82) is 0 Å². The fourth-order valence-electron chi connectivity index (χ4n) is 3.24. The van der Waals surface area contributed by atoms with Crippen molar-refractivity contribution >= 4 is 0 Å². The van der Waals surface area contributed by atoms with E-state index in [0.29, 0.717) is 6.04 Å². The zero-order valence-electron chi connectivity index (χ0n) is 10.9. The van der Waals surface area contributed by atoms with Crippen LogP contribution in [-0.4, -0.2) is 55.1 Å². The molecule has 3 unspecified atom stereocenters. The van der Waals surface area contributed by atoms with Gasteiger partial charge >= 0.3 is 0 Å². The Kier molecular flexibility index (Phi) is 4.22. The molecule has 3 heteroatoms. The molecule has 2 rings (SSSR count). The van der Waals surface area contributed by atoms with Gasteiger partial charge in [0, 0.05) is 25.2 Å². The Morgan fingerprint density at radius 3 is 2.56 bits per heavy atom. The molecule has 0 aromatic rings. The Morgan fingerprint density at radius 1 is 1.12 bits per heavy atom. The van der Waals surface area contributed by atoms with Crippen LogP contribution in [0.3, 0.4) is 0 Å². The summed E-state index contributed by atoms with van der Waals surface area (Å²) < 4.78 is 0. The van der Waals surface area contributed by atoms with Gasteiger partial charge < -0.3 is 10.6 Å². The van der Waals surface area contributed by atoms with E-state index in [1.807, 2.05) is 0 Å². The SMILES string of the molecule is CC(N)C1CCCN(C2CCCN(C)C2)C1. The van der Waals surface area contributed by atoms with Crippen LogP contribution in [0.15, 0.2) is 0 Å². The number of nitrogens with zero attached hydrogens (tertiary/aromatic N) is 2. The van der Waals surface area contributed by atoms with E-state index in [1.54, 1.807) is 0 Å². The fraction of sp³-hybridized carbons (Fsp3) is 1.00. The lowest BCUT2D eigenvalue weighted by molar-refractivity contribution is 0.0673. The molecule has 2 aliphatic heterocycles. The summed E-state index contributed by atoms with van der Waals surface area (Å²) >= 11 is 0. The molecule has 0 bridgehead atoms. The maximum atomic E-state index is 6.05.